The van der Waals surface area contributed by atoms with E-state index in [1.807, 2.05) is 48.2 Å². The van der Waals surface area contributed by atoms with Crippen molar-refractivity contribution in [1.82, 2.24) is 24.9 Å². The maximum atomic E-state index is 14.0. The van der Waals surface area contributed by atoms with Crippen LogP contribution in [0.5, 0.6) is 0 Å². The Morgan fingerprint density at radius 3 is 2.47 bits per heavy atom. The zero-order chi connectivity index (χ0) is 26.6. The first kappa shape index (κ1) is 26.2. The van der Waals surface area contributed by atoms with Crippen LogP contribution >= 0.6 is 0 Å². The first-order valence-electron chi connectivity index (χ1n) is 13.5. The SMILES string of the molecule is Cc1cc(C(Cc2ccccc2)[C@@H](OC(N)=O)C(=O)N2CCN(C3CCN(C)CC3)CC2)cc2cn[nH]c12. The molecule has 0 aliphatic carbocycles. The van der Waals surface area contributed by atoms with Gasteiger partial charge in [0.1, 0.15) is 0 Å². The Bertz CT molecular complexity index is 1250. The summed E-state index contributed by atoms with van der Waals surface area (Å²) < 4.78 is 5.65. The monoisotopic (exact) mass is 518 g/mol. The molecule has 0 spiro atoms. The third-order valence-electron chi connectivity index (χ3n) is 8.18. The number of primary amides is 1. The number of nitrogens with two attached hydrogens (primary N) is 1. The highest BCUT2D eigenvalue weighted by Crippen LogP contribution is 2.32. The highest BCUT2D eigenvalue weighted by Gasteiger charge is 2.38. The maximum Gasteiger partial charge on any atom is 0.405 e. The summed E-state index contributed by atoms with van der Waals surface area (Å²) in [6.07, 6.45) is 2.67. The summed E-state index contributed by atoms with van der Waals surface area (Å²) in [4.78, 5) is 32.9. The van der Waals surface area contributed by atoms with Crippen LogP contribution in [-0.4, -0.2) is 95.4 Å². The van der Waals surface area contributed by atoms with E-state index in [-0.39, 0.29) is 5.91 Å². The number of piperazine rings is 1. The van der Waals surface area contributed by atoms with E-state index in [1.165, 1.54) is 0 Å². The maximum absolute atomic E-state index is 14.0. The fourth-order valence-electron chi connectivity index (χ4n) is 6.02. The van der Waals surface area contributed by atoms with Crippen LogP contribution < -0.4 is 5.73 Å². The molecular formula is C29H38N6O3. The summed E-state index contributed by atoms with van der Waals surface area (Å²) in [5, 5.41) is 8.17. The number of benzene rings is 2. The quantitative estimate of drug-likeness (QED) is 0.498. The third-order valence-corrected chi connectivity index (χ3v) is 8.18. The molecule has 2 fully saturated rings. The number of carbonyl (C=O) groups is 2. The topological polar surface area (TPSA) is 108 Å². The molecule has 2 amide bonds. The molecule has 2 saturated heterocycles. The molecule has 1 unspecified atom stereocenters. The number of hydrogen-bond donors (Lipinski definition) is 2. The van der Waals surface area contributed by atoms with Crippen LogP contribution in [0.3, 0.4) is 0 Å². The van der Waals surface area contributed by atoms with Crippen LogP contribution in [0.15, 0.2) is 48.7 Å². The van der Waals surface area contributed by atoms with Crippen LogP contribution in [-0.2, 0) is 16.0 Å². The first-order chi connectivity index (χ1) is 18.4. The van der Waals surface area contributed by atoms with E-state index in [1.54, 1.807) is 6.20 Å². The number of aromatic nitrogens is 2. The number of nitrogens with zero attached hydrogens (tertiary/aromatic N) is 4. The average Bonchev–Trinajstić information content (AvgIpc) is 3.41. The largest absolute Gasteiger partial charge is 0.436 e. The summed E-state index contributed by atoms with van der Waals surface area (Å²) in [7, 11) is 2.17. The van der Waals surface area contributed by atoms with E-state index in [2.05, 4.69) is 33.1 Å². The molecule has 2 atom stereocenters. The Hall–Kier alpha value is -3.43. The minimum atomic E-state index is -1.02. The predicted octanol–water partition coefficient (Wildman–Crippen LogP) is 2.90. The van der Waals surface area contributed by atoms with Gasteiger partial charge in [0.05, 0.1) is 11.7 Å². The number of likely N-dealkylation sites (tertiary alicyclic amines) is 1. The molecule has 3 N–H and O–H groups in total. The van der Waals surface area contributed by atoms with Gasteiger partial charge in [-0.3, -0.25) is 14.8 Å². The lowest BCUT2D eigenvalue weighted by Crippen LogP contribution is -2.56. The van der Waals surface area contributed by atoms with E-state index in [4.69, 9.17) is 10.5 Å². The molecule has 2 aromatic carbocycles. The van der Waals surface area contributed by atoms with Gasteiger partial charge in [-0.25, -0.2) is 4.79 Å². The zero-order valence-electron chi connectivity index (χ0n) is 22.3. The first-order valence-corrected chi connectivity index (χ1v) is 13.5. The normalized spacial score (nSPS) is 19.4. The van der Waals surface area contributed by atoms with Crippen LogP contribution in [0.25, 0.3) is 10.9 Å². The van der Waals surface area contributed by atoms with Gasteiger partial charge in [0.15, 0.2) is 6.10 Å². The lowest BCUT2D eigenvalue weighted by molar-refractivity contribution is -0.143. The molecule has 0 saturated carbocycles. The molecule has 9 heteroatoms. The minimum Gasteiger partial charge on any atom is -0.436 e. The van der Waals surface area contributed by atoms with Crippen molar-refractivity contribution in [3.63, 3.8) is 0 Å². The number of aromatic amines is 1. The Kier molecular flexibility index (Phi) is 7.95. The van der Waals surface area contributed by atoms with Crippen molar-refractivity contribution in [1.29, 1.82) is 0 Å². The fraction of sp³-hybridized carbons (Fsp3) is 0.483. The summed E-state index contributed by atoms with van der Waals surface area (Å²) in [5.74, 6) is -0.583. The molecule has 2 aliphatic rings. The lowest BCUT2D eigenvalue weighted by atomic mass is 9.85. The second kappa shape index (κ2) is 11.5. The van der Waals surface area contributed by atoms with Crippen molar-refractivity contribution >= 4 is 22.9 Å². The molecule has 9 nitrogen and oxygen atoms in total. The third kappa shape index (κ3) is 5.84. The average molecular weight is 519 g/mol. The molecule has 3 heterocycles. The van der Waals surface area contributed by atoms with Crippen molar-refractivity contribution in [2.45, 2.75) is 44.2 Å². The standard InChI is InChI=1S/C29H38N6O3/c1-20-16-22(18-23-19-31-32-26(20)23)25(17-21-6-4-3-5-7-21)27(38-29(30)37)28(36)35-14-12-34(13-15-35)24-8-10-33(2)11-9-24/h3-7,16,18-19,24-25,27H,8-15,17H2,1-2H3,(H2,30,37)(H,31,32)/t25?,27-/m1/s1. The molecule has 0 radical (unpaired) electrons. The number of amides is 2. The van der Waals surface area contributed by atoms with Gasteiger partial charge in [0.25, 0.3) is 5.91 Å². The minimum absolute atomic E-state index is 0.183. The van der Waals surface area contributed by atoms with Gasteiger partial charge in [0, 0.05) is 43.5 Å². The number of piperidine rings is 1. The lowest BCUT2D eigenvalue weighted by Gasteiger charge is -2.43. The van der Waals surface area contributed by atoms with E-state index < -0.39 is 18.1 Å². The van der Waals surface area contributed by atoms with Crippen LogP contribution in [0.4, 0.5) is 4.79 Å². The van der Waals surface area contributed by atoms with Crippen molar-refractivity contribution in [3.8, 4) is 0 Å². The highest BCUT2D eigenvalue weighted by atomic mass is 16.6. The Labute approximate surface area is 223 Å². The van der Waals surface area contributed by atoms with Gasteiger partial charge in [-0.1, -0.05) is 36.4 Å². The van der Waals surface area contributed by atoms with Gasteiger partial charge in [0.2, 0.25) is 0 Å². The fourth-order valence-corrected chi connectivity index (χ4v) is 6.02. The number of rotatable bonds is 7. The number of aryl methyl sites for hydroxylation is 1. The number of ether oxygens (including phenoxy) is 1. The molecule has 5 rings (SSSR count). The van der Waals surface area contributed by atoms with Crippen LogP contribution in [0.2, 0.25) is 0 Å². The van der Waals surface area contributed by atoms with Crippen molar-refractivity contribution < 1.29 is 14.3 Å². The summed E-state index contributed by atoms with van der Waals surface area (Å²) in [6.45, 7) is 7.11. The van der Waals surface area contributed by atoms with Gasteiger partial charge < -0.3 is 20.3 Å². The predicted molar refractivity (Wildman–Crippen MR) is 147 cm³/mol. The van der Waals surface area contributed by atoms with Crippen LogP contribution in [0, 0.1) is 6.92 Å². The Morgan fingerprint density at radius 2 is 1.79 bits per heavy atom. The molecule has 202 valence electrons. The number of hydrogen-bond acceptors (Lipinski definition) is 6. The molecule has 1 aromatic heterocycles. The number of H-pyrrole nitrogens is 1. The number of carbonyl (C=O) groups excluding carboxylic acids is 2. The van der Waals surface area contributed by atoms with E-state index in [9.17, 15) is 9.59 Å². The van der Waals surface area contributed by atoms with Crippen molar-refractivity contribution in [2.24, 2.45) is 5.73 Å². The van der Waals surface area contributed by atoms with Crippen LogP contribution in [0.1, 0.15) is 35.4 Å². The van der Waals surface area contributed by atoms with E-state index in [0.717, 1.165) is 66.6 Å². The second-order valence-corrected chi connectivity index (χ2v) is 10.7. The van der Waals surface area contributed by atoms with Crippen molar-refractivity contribution in [2.75, 3.05) is 46.3 Å². The summed E-state index contributed by atoms with van der Waals surface area (Å²) in [5.41, 5.74) is 9.50. The van der Waals surface area contributed by atoms with Gasteiger partial charge in [-0.05, 0) is 69.1 Å². The van der Waals surface area contributed by atoms with Crippen molar-refractivity contribution in [3.05, 3.63) is 65.4 Å². The van der Waals surface area contributed by atoms with E-state index >= 15 is 0 Å². The van der Waals surface area contributed by atoms with E-state index in [0.29, 0.717) is 25.6 Å². The number of nitrogens with one attached hydrogen (secondary N) is 1. The molecule has 2 aliphatic heterocycles. The molecular weight excluding hydrogens is 480 g/mol. The molecule has 38 heavy (non-hydrogen) atoms. The van der Waals surface area contributed by atoms with Gasteiger partial charge in [-0.15, -0.1) is 0 Å². The summed E-state index contributed by atoms with van der Waals surface area (Å²) in [6, 6.07) is 14.6. The Morgan fingerprint density at radius 1 is 1.08 bits per heavy atom. The van der Waals surface area contributed by atoms with Gasteiger partial charge >= 0.3 is 6.09 Å². The molecule has 3 aromatic rings. The highest BCUT2D eigenvalue weighted by molar-refractivity contribution is 5.86. The smallest absolute Gasteiger partial charge is 0.405 e. The molecule has 0 bridgehead atoms. The summed E-state index contributed by atoms with van der Waals surface area (Å²) >= 11 is 0. The van der Waals surface area contributed by atoms with Gasteiger partial charge in [-0.2, -0.15) is 5.10 Å². The number of fused-ring (bicyclic) bond motifs is 1. The Balaban J connectivity index is 1.40. The second-order valence-electron chi connectivity index (χ2n) is 10.7. The zero-order valence-corrected chi connectivity index (χ0v) is 22.3.